The number of hydrogen-bond acceptors (Lipinski definition) is 3. The number of halogens is 1. The van der Waals surface area contributed by atoms with Crippen molar-refractivity contribution in [1.29, 1.82) is 0 Å². The minimum Gasteiger partial charge on any atom is -0.494 e. The largest absolute Gasteiger partial charge is 0.494 e. The molecule has 1 saturated carbocycles. The van der Waals surface area contributed by atoms with Crippen LogP contribution in [0.2, 0.25) is 5.02 Å². The van der Waals surface area contributed by atoms with Gasteiger partial charge in [0, 0.05) is 24.0 Å². The highest BCUT2D eigenvalue weighted by atomic mass is 35.5. The second-order valence-electron chi connectivity index (χ2n) is 8.68. The van der Waals surface area contributed by atoms with Gasteiger partial charge in [-0.15, -0.1) is 0 Å². The van der Waals surface area contributed by atoms with Gasteiger partial charge in [0.25, 0.3) is 0 Å². The normalized spacial score (nSPS) is 15.0. The molecule has 1 aliphatic carbocycles. The highest BCUT2D eigenvalue weighted by Crippen LogP contribution is 2.20. The van der Waals surface area contributed by atoms with Crippen molar-refractivity contribution in [2.45, 2.75) is 76.9 Å². The monoisotopic (exact) mass is 470 g/mol. The zero-order valence-electron chi connectivity index (χ0n) is 19.5. The molecule has 2 aromatic rings. The maximum absolute atomic E-state index is 13.3. The molecule has 0 spiro atoms. The van der Waals surface area contributed by atoms with Crippen LogP contribution in [0, 0.1) is 0 Å². The molecule has 1 N–H and O–H groups in total. The van der Waals surface area contributed by atoms with Crippen LogP contribution in [0.15, 0.2) is 54.6 Å². The van der Waals surface area contributed by atoms with Gasteiger partial charge in [-0.3, -0.25) is 9.59 Å². The van der Waals surface area contributed by atoms with Crippen LogP contribution in [0.25, 0.3) is 0 Å². The minimum absolute atomic E-state index is 0.0349. The highest BCUT2D eigenvalue weighted by Gasteiger charge is 2.30. The summed E-state index contributed by atoms with van der Waals surface area (Å²) >= 11 is 6.04. The number of ether oxygens (including phenoxy) is 1. The molecular formula is C27H35ClN2O3. The standard InChI is InChI=1S/C27H35ClN2O3/c1-2-25(27(32)29-23-10-5-3-6-11-23)30(20-21-15-17-22(28)18-16-21)26(31)14-9-19-33-24-12-7-4-8-13-24/h4,7-8,12-13,15-18,23,25H,2-3,5-6,9-11,14,19-20H2,1H3,(H,29,32)/t25-/m1/s1. The number of carbonyl (C=O) groups is 2. The van der Waals surface area contributed by atoms with Crippen molar-refractivity contribution in [3.05, 3.63) is 65.2 Å². The molecular weight excluding hydrogens is 436 g/mol. The Hall–Kier alpha value is -2.53. The highest BCUT2D eigenvalue weighted by molar-refractivity contribution is 6.30. The van der Waals surface area contributed by atoms with E-state index in [0.717, 1.165) is 37.0 Å². The smallest absolute Gasteiger partial charge is 0.243 e. The van der Waals surface area contributed by atoms with E-state index in [1.165, 1.54) is 6.42 Å². The first kappa shape index (κ1) is 25.1. The molecule has 0 unspecified atom stereocenters. The van der Waals surface area contributed by atoms with Gasteiger partial charge in [-0.1, -0.05) is 68.1 Å². The molecule has 3 rings (SSSR count). The molecule has 2 aromatic carbocycles. The Bertz CT molecular complexity index is 867. The number of amides is 2. The van der Waals surface area contributed by atoms with Crippen molar-refractivity contribution in [2.75, 3.05) is 6.61 Å². The number of hydrogen-bond donors (Lipinski definition) is 1. The van der Waals surface area contributed by atoms with E-state index in [1.54, 1.807) is 4.90 Å². The summed E-state index contributed by atoms with van der Waals surface area (Å²) in [5, 5.41) is 3.86. The third kappa shape index (κ3) is 8.08. The molecule has 0 saturated heterocycles. The van der Waals surface area contributed by atoms with Gasteiger partial charge in [0.05, 0.1) is 6.61 Å². The Balaban J connectivity index is 1.64. The van der Waals surface area contributed by atoms with E-state index in [1.807, 2.05) is 61.5 Å². The van der Waals surface area contributed by atoms with Crippen LogP contribution in [0.1, 0.15) is 63.9 Å². The summed E-state index contributed by atoms with van der Waals surface area (Å²) in [7, 11) is 0. The van der Waals surface area contributed by atoms with Crippen molar-refractivity contribution < 1.29 is 14.3 Å². The van der Waals surface area contributed by atoms with Gasteiger partial charge in [-0.25, -0.2) is 0 Å². The second-order valence-corrected chi connectivity index (χ2v) is 9.12. The zero-order chi connectivity index (χ0) is 23.5. The second kappa shape index (κ2) is 13.2. The van der Waals surface area contributed by atoms with Crippen LogP contribution < -0.4 is 10.1 Å². The lowest BCUT2D eigenvalue weighted by Gasteiger charge is -2.33. The third-order valence-electron chi connectivity index (χ3n) is 6.15. The van der Waals surface area contributed by atoms with Crippen molar-refractivity contribution >= 4 is 23.4 Å². The minimum atomic E-state index is -0.495. The van der Waals surface area contributed by atoms with E-state index in [0.29, 0.717) is 37.4 Å². The SMILES string of the molecule is CC[C@H](C(=O)NC1CCCCC1)N(Cc1ccc(Cl)cc1)C(=O)CCCOc1ccccc1. The summed E-state index contributed by atoms with van der Waals surface area (Å²) in [5.74, 6) is 0.709. The molecule has 178 valence electrons. The molecule has 0 aromatic heterocycles. The molecule has 0 bridgehead atoms. The Kier molecular flexibility index (Phi) is 10.1. The number of nitrogens with one attached hydrogen (secondary N) is 1. The van der Waals surface area contributed by atoms with Crippen LogP contribution in [-0.2, 0) is 16.1 Å². The van der Waals surface area contributed by atoms with Crippen molar-refractivity contribution in [1.82, 2.24) is 10.2 Å². The Labute approximate surface area is 202 Å². The van der Waals surface area contributed by atoms with Gasteiger partial charge >= 0.3 is 0 Å². The lowest BCUT2D eigenvalue weighted by atomic mass is 9.95. The summed E-state index contributed by atoms with van der Waals surface area (Å²) in [4.78, 5) is 28.2. The number of nitrogens with zero attached hydrogens (tertiary/aromatic N) is 1. The average molecular weight is 471 g/mol. The first-order valence-electron chi connectivity index (χ1n) is 12.1. The van der Waals surface area contributed by atoms with E-state index in [4.69, 9.17) is 16.3 Å². The quantitative estimate of drug-likeness (QED) is 0.425. The van der Waals surface area contributed by atoms with Gasteiger partial charge in [0.2, 0.25) is 11.8 Å². The van der Waals surface area contributed by atoms with Crippen molar-refractivity contribution in [3.8, 4) is 5.75 Å². The number of carbonyl (C=O) groups excluding carboxylic acids is 2. The zero-order valence-corrected chi connectivity index (χ0v) is 20.2. The lowest BCUT2D eigenvalue weighted by Crippen LogP contribution is -2.51. The fourth-order valence-corrected chi connectivity index (χ4v) is 4.45. The molecule has 1 aliphatic rings. The van der Waals surface area contributed by atoms with Crippen molar-refractivity contribution in [2.24, 2.45) is 0 Å². The number of rotatable bonds is 11. The van der Waals surface area contributed by atoms with E-state index >= 15 is 0 Å². The van der Waals surface area contributed by atoms with E-state index < -0.39 is 6.04 Å². The molecule has 0 radical (unpaired) electrons. The molecule has 6 heteroatoms. The topological polar surface area (TPSA) is 58.6 Å². The summed E-state index contributed by atoms with van der Waals surface area (Å²) < 4.78 is 5.74. The third-order valence-corrected chi connectivity index (χ3v) is 6.40. The molecule has 0 aliphatic heterocycles. The first-order valence-corrected chi connectivity index (χ1v) is 12.5. The summed E-state index contributed by atoms with van der Waals surface area (Å²) in [5.41, 5.74) is 0.956. The fraction of sp³-hybridized carbons (Fsp3) is 0.481. The molecule has 33 heavy (non-hydrogen) atoms. The van der Waals surface area contributed by atoms with Crippen molar-refractivity contribution in [3.63, 3.8) is 0 Å². The van der Waals surface area contributed by atoms with Gasteiger partial charge in [-0.2, -0.15) is 0 Å². The fourth-order valence-electron chi connectivity index (χ4n) is 4.32. The summed E-state index contributed by atoms with van der Waals surface area (Å²) in [6.07, 6.45) is 7.05. The first-order chi connectivity index (χ1) is 16.1. The molecule has 2 amide bonds. The molecule has 0 heterocycles. The number of para-hydroxylation sites is 1. The van der Waals surface area contributed by atoms with Crippen LogP contribution in [-0.4, -0.2) is 35.4 Å². The van der Waals surface area contributed by atoms with Gasteiger partial charge in [-0.05, 0) is 55.5 Å². The molecule has 1 atom stereocenters. The maximum atomic E-state index is 13.3. The van der Waals surface area contributed by atoms with Crippen LogP contribution in [0.4, 0.5) is 0 Å². The van der Waals surface area contributed by atoms with E-state index in [-0.39, 0.29) is 17.9 Å². The van der Waals surface area contributed by atoms with Gasteiger partial charge < -0.3 is 15.0 Å². The van der Waals surface area contributed by atoms with Gasteiger partial charge in [0.15, 0.2) is 0 Å². The molecule has 5 nitrogen and oxygen atoms in total. The van der Waals surface area contributed by atoms with E-state index in [2.05, 4.69) is 5.32 Å². The maximum Gasteiger partial charge on any atom is 0.243 e. The predicted octanol–water partition coefficient (Wildman–Crippen LogP) is 5.76. The predicted molar refractivity (Wildman–Crippen MR) is 132 cm³/mol. The average Bonchev–Trinajstić information content (AvgIpc) is 2.84. The molecule has 1 fully saturated rings. The number of benzene rings is 2. The van der Waals surface area contributed by atoms with Crippen LogP contribution >= 0.6 is 11.6 Å². The Morgan fingerprint density at radius 2 is 1.76 bits per heavy atom. The van der Waals surface area contributed by atoms with Crippen LogP contribution in [0.3, 0.4) is 0 Å². The summed E-state index contributed by atoms with van der Waals surface area (Å²) in [6, 6.07) is 16.8. The Morgan fingerprint density at radius 3 is 2.42 bits per heavy atom. The lowest BCUT2D eigenvalue weighted by molar-refractivity contribution is -0.142. The van der Waals surface area contributed by atoms with E-state index in [9.17, 15) is 9.59 Å². The van der Waals surface area contributed by atoms with Gasteiger partial charge in [0.1, 0.15) is 11.8 Å². The van der Waals surface area contributed by atoms with Crippen LogP contribution in [0.5, 0.6) is 5.75 Å². The Morgan fingerprint density at radius 1 is 1.06 bits per heavy atom. The summed E-state index contributed by atoms with van der Waals surface area (Å²) in [6.45, 7) is 2.80.